The van der Waals surface area contributed by atoms with Crippen LogP contribution >= 0.6 is 0 Å². The molecule has 1 saturated heterocycles. The first kappa shape index (κ1) is 25.2. The Morgan fingerprint density at radius 1 is 0.971 bits per heavy atom. The summed E-state index contributed by atoms with van der Waals surface area (Å²) in [6.45, 7) is 10.4. The fourth-order valence-corrected chi connectivity index (χ4v) is 3.95. The van der Waals surface area contributed by atoms with Crippen LogP contribution in [-0.4, -0.2) is 88.8 Å². The van der Waals surface area contributed by atoms with Gasteiger partial charge in [-0.15, -0.1) is 0 Å². The predicted molar refractivity (Wildman–Crippen MR) is 123 cm³/mol. The summed E-state index contributed by atoms with van der Waals surface area (Å²) in [7, 11) is 0. The van der Waals surface area contributed by atoms with Crippen LogP contribution in [0.4, 0.5) is 4.79 Å². The highest BCUT2D eigenvalue weighted by molar-refractivity contribution is 6.22. The van der Waals surface area contributed by atoms with Gasteiger partial charge in [0.25, 0.3) is 17.7 Å². The molecule has 184 valence electrons. The number of imide groups is 1. The van der Waals surface area contributed by atoms with Crippen LogP contribution in [0.1, 0.15) is 72.1 Å². The molecular weight excluding hydrogens is 440 g/mol. The second-order valence-corrected chi connectivity index (χ2v) is 9.69. The van der Waals surface area contributed by atoms with Crippen molar-refractivity contribution in [1.82, 2.24) is 20.0 Å². The zero-order valence-electron chi connectivity index (χ0n) is 20.3. The van der Waals surface area contributed by atoms with Gasteiger partial charge < -0.3 is 19.9 Å². The monoisotopic (exact) mass is 472 g/mol. The first-order chi connectivity index (χ1) is 15.9. The molecule has 10 heteroatoms. The molecule has 34 heavy (non-hydrogen) atoms. The summed E-state index contributed by atoms with van der Waals surface area (Å²) in [5.74, 6) is -1.09. The molecule has 0 radical (unpaired) electrons. The van der Waals surface area contributed by atoms with E-state index >= 15 is 0 Å². The minimum atomic E-state index is -0.605. The molecule has 1 N–H and O–H groups in total. The summed E-state index contributed by atoms with van der Waals surface area (Å²) in [6.07, 6.45) is -0.428. The van der Waals surface area contributed by atoms with Crippen LogP contribution in [0.15, 0.2) is 18.2 Å². The van der Waals surface area contributed by atoms with E-state index in [2.05, 4.69) is 5.32 Å². The molecule has 2 aliphatic heterocycles. The van der Waals surface area contributed by atoms with Gasteiger partial charge in [0.15, 0.2) is 0 Å². The zero-order valence-corrected chi connectivity index (χ0v) is 20.3. The predicted octanol–water partition coefficient (Wildman–Crippen LogP) is 1.89. The lowest BCUT2D eigenvalue weighted by Crippen LogP contribution is -2.51. The molecule has 2 heterocycles. The van der Waals surface area contributed by atoms with E-state index in [0.29, 0.717) is 37.3 Å². The minimum Gasteiger partial charge on any atom is -0.444 e. The molecule has 5 amide bonds. The normalized spacial score (nSPS) is 16.1. The van der Waals surface area contributed by atoms with Gasteiger partial charge in [0, 0.05) is 50.7 Å². The molecule has 2 aliphatic rings. The smallest absolute Gasteiger partial charge is 0.407 e. The number of alkyl carbamates (subject to hydrolysis) is 1. The first-order valence-corrected chi connectivity index (χ1v) is 11.4. The van der Waals surface area contributed by atoms with Crippen LogP contribution in [0.5, 0.6) is 0 Å². The van der Waals surface area contributed by atoms with Crippen LogP contribution in [0.3, 0.4) is 0 Å². The number of carbonyl (C=O) groups is 5. The van der Waals surface area contributed by atoms with Crippen LogP contribution in [0, 0.1) is 0 Å². The van der Waals surface area contributed by atoms with Crippen LogP contribution < -0.4 is 5.32 Å². The molecule has 0 bridgehead atoms. The van der Waals surface area contributed by atoms with E-state index in [0.717, 1.165) is 0 Å². The summed E-state index contributed by atoms with van der Waals surface area (Å²) in [4.78, 5) is 66.7. The lowest BCUT2D eigenvalue weighted by Gasteiger charge is -2.35. The maximum Gasteiger partial charge on any atom is 0.407 e. The fourth-order valence-electron chi connectivity index (χ4n) is 3.95. The third-order valence-corrected chi connectivity index (χ3v) is 5.61. The average molecular weight is 473 g/mol. The Kier molecular flexibility index (Phi) is 7.28. The van der Waals surface area contributed by atoms with E-state index in [-0.39, 0.29) is 48.2 Å². The Morgan fingerprint density at radius 2 is 1.56 bits per heavy atom. The number of piperazine rings is 1. The van der Waals surface area contributed by atoms with Crippen molar-refractivity contribution in [3.05, 3.63) is 34.9 Å². The highest BCUT2D eigenvalue weighted by Crippen LogP contribution is 2.26. The van der Waals surface area contributed by atoms with E-state index in [9.17, 15) is 24.0 Å². The van der Waals surface area contributed by atoms with E-state index in [1.165, 1.54) is 17.0 Å². The van der Waals surface area contributed by atoms with Gasteiger partial charge in [-0.2, -0.15) is 0 Å². The van der Waals surface area contributed by atoms with Gasteiger partial charge in [-0.05, 0) is 52.8 Å². The van der Waals surface area contributed by atoms with E-state index in [1.807, 2.05) is 0 Å². The van der Waals surface area contributed by atoms with E-state index in [1.54, 1.807) is 50.5 Å². The van der Waals surface area contributed by atoms with Gasteiger partial charge in [-0.3, -0.25) is 24.1 Å². The lowest BCUT2D eigenvalue weighted by atomic mass is 10.0. The quantitative estimate of drug-likeness (QED) is 0.654. The third-order valence-electron chi connectivity index (χ3n) is 5.61. The topological polar surface area (TPSA) is 116 Å². The number of benzene rings is 1. The maximum atomic E-state index is 13.0. The largest absolute Gasteiger partial charge is 0.444 e. The number of ether oxygens (including phenoxy) is 1. The summed E-state index contributed by atoms with van der Waals surface area (Å²) < 4.78 is 5.14. The van der Waals surface area contributed by atoms with Crippen molar-refractivity contribution in [3.63, 3.8) is 0 Å². The number of rotatable bonds is 5. The minimum absolute atomic E-state index is 0.112. The van der Waals surface area contributed by atoms with Gasteiger partial charge in [-0.25, -0.2) is 4.79 Å². The number of nitrogens with zero attached hydrogens (tertiary/aromatic N) is 3. The van der Waals surface area contributed by atoms with Crippen LogP contribution in [0.2, 0.25) is 0 Å². The second kappa shape index (κ2) is 9.82. The van der Waals surface area contributed by atoms with Gasteiger partial charge in [0.2, 0.25) is 5.91 Å². The highest BCUT2D eigenvalue weighted by Gasteiger charge is 2.38. The number of amides is 5. The van der Waals surface area contributed by atoms with E-state index in [4.69, 9.17) is 4.74 Å². The van der Waals surface area contributed by atoms with Gasteiger partial charge in [0.1, 0.15) is 5.60 Å². The van der Waals surface area contributed by atoms with Crippen molar-refractivity contribution in [2.24, 2.45) is 0 Å². The Hall–Kier alpha value is -3.43. The summed E-state index contributed by atoms with van der Waals surface area (Å²) >= 11 is 0. The molecule has 3 rings (SSSR count). The number of carbonyl (C=O) groups excluding carboxylic acids is 5. The molecule has 0 aromatic heterocycles. The Bertz CT molecular complexity index is 1010. The molecule has 0 aliphatic carbocycles. The summed E-state index contributed by atoms with van der Waals surface area (Å²) in [5, 5.41) is 2.57. The van der Waals surface area contributed by atoms with Crippen molar-refractivity contribution >= 4 is 29.7 Å². The van der Waals surface area contributed by atoms with Crippen molar-refractivity contribution in [2.45, 2.75) is 52.7 Å². The number of nitrogens with one attached hydrogen (secondary N) is 1. The molecule has 1 aromatic carbocycles. The lowest BCUT2D eigenvalue weighted by molar-refractivity contribution is -0.132. The van der Waals surface area contributed by atoms with Crippen molar-refractivity contribution < 1.29 is 28.7 Å². The van der Waals surface area contributed by atoms with Gasteiger partial charge >= 0.3 is 6.09 Å². The highest BCUT2D eigenvalue weighted by atomic mass is 16.6. The number of hydrogen-bond donors (Lipinski definition) is 1. The fraction of sp³-hybridized carbons (Fsp3) is 0.542. The average Bonchev–Trinajstić information content (AvgIpc) is 3.01. The number of hydrogen-bond acceptors (Lipinski definition) is 6. The second-order valence-electron chi connectivity index (χ2n) is 9.69. The Balaban J connectivity index is 1.52. The molecule has 0 saturated carbocycles. The zero-order chi connectivity index (χ0) is 25.2. The molecular formula is C24H32N4O6. The standard InChI is InChI=1S/C24H32N4O6/c1-15(2)28-21(31)17-7-6-16(14-18(17)22(28)32)20(30)27-12-10-26(11-13-27)19(29)8-9-25-23(33)34-24(3,4)5/h6-7,14-15H,8-13H2,1-5H3,(H,25,33). The Morgan fingerprint density at radius 3 is 2.15 bits per heavy atom. The molecule has 1 aromatic rings. The van der Waals surface area contributed by atoms with Crippen LogP contribution in [0.25, 0.3) is 0 Å². The molecule has 1 fully saturated rings. The molecule has 0 atom stereocenters. The molecule has 10 nitrogen and oxygen atoms in total. The van der Waals surface area contributed by atoms with E-state index < -0.39 is 11.7 Å². The molecule has 0 unspecified atom stereocenters. The number of fused-ring (bicyclic) bond motifs is 1. The summed E-state index contributed by atoms with van der Waals surface area (Å²) in [6, 6.07) is 4.32. The third kappa shape index (κ3) is 5.55. The Labute approximate surface area is 199 Å². The van der Waals surface area contributed by atoms with Crippen molar-refractivity contribution in [3.8, 4) is 0 Å². The van der Waals surface area contributed by atoms with Crippen LogP contribution in [-0.2, 0) is 9.53 Å². The first-order valence-electron chi connectivity index (χ1n) is 11.4. The SMILES string of the molecule is CC(C)N1C(=O)c2ccc(C(=O)N3CCN(C(=O)CCNC(=O)OC(C)(C)C)CC3)cc2C1=O. The summed E-state index contributed by atoms with van der Waals surface area (Å²) in [5.41, 5.74) is 0.292. The van der Waals surface area contributed by atoms with Gasteiger partial charge in [0.05, 0.1) is 11.1 Å². The van der Waals surface area contributed by atoms with Crippen molar-refractivity contribution in [1.29, 1.82) is 0 Å². The van der Waals surface area contributed by atoms with Crippen molar-refractivity contribution in [2.75, 3.05) is 32.7 Å². The van der Waals surface area contributed by atoms with Gasteiger partial charge in [-0.1, -0.05) is 0 Å². The maximum absolute atomic E-state index is 13.0. The molecule has 0 spiro atoms.